The maximum atomic E-state index is 2.28. The van der Waals surface area contributed by atoms with Gasteiger partial charge in [0.15, 0.2) is 0 Å². The van der Waals surface area contributed by atoms with E-state index in [1.165, 1.54) is 26.9 Å². The lowest BCUT2D eigenvalue weighted by Gasteiger charge is -2.15. The molecule has 2 heterocycles. The summed E-state index contributed by atoms with van der Waals surface area (Å²) in [4.78, 5) is 1.39. The normalized spacial score (nSPS) is 12.6. The topological polar surface area (TPSA) is 4.93 Å². The first kappa shape index (κ1) is 13.4. The van der Waals surface area contributed by atoms with Gasteiger partial charge < -0.3 is 4.57 Å². The molecule has 0 aliphatic rings. The molecule has 2 aromatic carbocycles. The second-order valence-electron chi connectivity index (χ2n) is 5.57. The highest BCUT2D eigenvalue weighted by atomic mass is 32.1. The Labute approximate surface area is 134 Å². The largest absolute Gasteiger partial charge is 0.350 e. The van der Waals surface area contributed by atoms with E-state index in [1.54, 1.807) is 0 Å². The van der Waals surface area contributed by atoms with E-state index in [9.17, 15) is 0 Å². The van der Waals surface area contributed by atoms with Crippen molar-refractivity contribution < 1.29 is 0 Å². The highest BCUT2D eigenvalue weighted by Gasteiger charge is 2.21. The fraction of sp³-hybridized carbons (Fsp3) is 0.100. The van der Waals surface area contributed by atoms with E-state index in [-0.39, 0.29) is 0 Å². The third-order valence-corrected chi connectivity index (χ3v) is 5.14. The summed E-state index contributed by atoms with van der Waals surface area (Å²) in [5, 5.41) is 3.50. The minimum Gasteiger partial charge on any atom is -0.350 e. The van der Waals surface area contributed by atoms with Gasteiger partial charge >= 0.3 is 0 Å². The van der Waals surface area contributed by atoms with Crippen molar-refractivity contribution in [2.45, 2.75) is 5.92 Å². The maximum absolute atomic E-state index is 2.28. The number of thiophene rings is 1. The quantitative estimate of drug-likeness (QED) is 0.476. The zero-order valence-corrected chi connectivity index (χ0v) is 13.3. The lowest BCUT2D eigenvalue weighted by molar-refractivity contribution is 0.936. The number of para-hydroxylation sites is 1. The van der Waals surface area contributed by atoms with Crippen molar-refractivity contribution in [3.63, 3.8) is 0 Å². The first-order valence-electron chi connectivity index (χ1n) is 7.47. The molecule has 0 bridgehead atoms. The Bertz CT molecular complexity index is 888. The predicted octanol–water partition coefficient (Wildman–Crippen LogP) is 5.42. The summed E-state index contributed by atoms with van der Waals surface area (Å²) in [7, 11) is 2.13. The molecule has 0 spiro atoms. The van der Waals surface area contributed by atoms with E-state index >= 15 is 0 Å². The molecule has 0 radical (unpaired) electrons. The van der Waals surface area contributed by atoms with E-state index in [2.05, 4.69) is 89.9 Å². The van der Waals surface area contributed by atoms with Crippen LogP contribution in [0.1, 0.15) is 21.9 Å². The number of benzene rings is 2. The monoisotopic (exact) mass is 303 g/mol. The van der Waals surface area contributed by atoms with Gasteiger partial charge in [-0.25, -0.2) is 0 Å². The minimum absolute atomic E-state index is 0.298. The SMILES string of the molecule is Cn1cc(C(c2ccccc2)c2cccs2)c2ccccc21. The lowest BCUT2D eigenvalue weighted by Crippen LogP contribution is -2.00. The van der Waals surface area contributed by atoms with Crippen molar-refractivity contribution in [1.29, 1.82) is 0 Å². The van der Waals surface area contributed by atoms with Gasteiger partial charge in [0.25, 0.3) is 0 Å². The smallest absolute Gasteiger partial charge is 0.0480 e. The maximum Gasteiger partial charge on any atom is 0.0480 e. The molecule has 108 valence electrons. The average Bonchev–Trinajstić information content (AvgIpc) is 3.19. The van der Waals surface area contributed by atoms with Crippen LogP contribution in [0.4, 0.5) is 0 Å². The number of aromatic nitrogens is 1. The predicted molar refractivity (Wildman–Crippen MR) is 94.6 cm³/mol. The molecular weight excluding hydrogens is 286 g/mol. The van der Waals surface area contributed by atoms with Crippen molar-refractivity contribution >= 4 is 22.2 Å². The minimum atomic E-state index is 0.298. The van der Waals surface area contributed by atoms with Gasteiger partial charge in [-0.2, -0.15) is 0 Å². The van der Waals surface area contributed by atoms with E-state index in [4.69, 9.17) is 0 Å². The first-order valence-corrected chi connectivity index (χ1v) is 8.35. The van der Waals surface area contributed by atoms with Crippen LogP contribution in [0.25, 0.3) is 10.9 Å². The third-order valence-electron chi connectivity index (χ3n) is 4.20. The van der Waals surface area contributed by atoms with E-state index in [0.29, 0.717) is 5.92 Å². The van der Waals surface area contributed by atoms with Gasteiger partial charge in [0.2, 0.25) is 0 Å². The molecule has 4 aromatic rings. The van der Waals surface area contributed by atoms with E-state index in [1.807, 2.05) is 11.3 Å². The van der Waals surface area contributed by atoms with Crippen LogP contribution >= 0.6 is 11.3 Å². The Morgan fingerprint density at radius 1 is 0.864 bits per heavy atom. The van der Waals surface area contributed by atoms with Crippen LogP contribution < -0.4 is 0 Å². The molecule has 0 aliphatic heterocycles. The van der Waals surface area contributed by atoms with Crippen LogP contribution in [0.2, 0.25) is 0 Å². The summed E-state index contributed by atoms with van der Waals surface area (Å²) >= 11 is 1.83. The third kappa shape index (κ3) is 2.16. The summed E-state index contributed by atoms with van der Waals surface area (Å²) in [6.07, 6.45) is 2.28. The van der Waals surface area contributed by atoms with Crippen molar-refractivity contribution in [2.75, 3.05) is 0 Å². The van der Waals surface area contributed by atoms with Crippen molar-refractivity contribution in [1.82, 2.24) is 4.57 Å². The van der Waals surface area contributed by atoms with Gasteiger partial charge in [-0.1, -0.05) is 54.6 Å². The molecule has 0 fully saturated rings. The Kier molecular flexibility index (Phi) is 3.32. The molecule has 4 rings (SSSR count). The fourth-order valence-electron chi connectivity index (χ4n) is 3.20. The molecular formula is C20H17NS. The molecule has 1 nitrogen and oxygen atoms in total. The molecule has 2 heteroatoms. The van der Waals surface area contributed by atoms with Gasteiger partial charge in [0.1, 0.15) is 0 Å². The highest BCUT2D eigenvalue weighted by molar-refractivity contribution is 7.10. The lowest BCUT2D eigenvalue weighted by atomic mass is 9.90. The standard InChI is InChI=1S/C20H17NS/c1-21-14-17(16-10-5-6-11-18(16)21)20(19-12-7-13-22-19)15-8-3-2-4-9-15/h2-14,20H,1H3. The van der Waals surface area contributed by atoms with Crippen LogP contribution in [0.15, 0.2) is 78.3 Å². The zero-order chi connectivity index (χ0) is 14.9. The van der Waals surface area contributed by atoms with Gasteiger partial charge in [0, 0.05) is 34.9 Å². The summed E-state index contributed by atoms with van der Waals surface area (Å²) in [5.74, 6) is 0.298. The van der Waals surface area contributed by atoms with Gasteiger partial charge in [-0.3, -0.25) is 0 Å². The van der Waals surface area contributed by atoms with Crippen LogP contribution in [0.5, 0.6) is 0 Å². The zero-order valence-electron chi connectivity index (χ0n) is 12.4. The van der Waals surface area contributed by atoms with Gasteiger partial charge in [0.05, 0.1) is 0 Å². The van der Waals surface area contributed by atoms with Gasteiger partial charge in [-0.15, -0.1) is 11.3 Å². The molecule has 0 amide bonds. The average molecular weight is 303 g/mol. The van der Waals surface area contributed by atoms with Crippen LogP contribution in [-0.2, 0) is 7.05 Å². The number of rotatable bonds is 3. The number of hydrogen-bond donors (Lipinski definition) is 0. The van der Waals surface area contributed by atoms with Crippen molar-refractivity contribution in [3.05, 3.63) is 94.3 Å². The molecule has 2 aromatic heterocycles. The summed E-state index contributed by atoms with van der Waals surface area (Å²) < 4.78 is 2.23. The molecule has 0 aliphatic carbocycles. The van der Waals surface area contributed by atoms with Crippen molar-refractivity contribution in [3.8, 4) is 0 Å². The number of nitrogens with zero attached hydrogens (tertiary/aromatic N) is 1. The van der Waals surface area contributed by atoms with E-state index in [0.717, 1.165) is 0 Å². The molecule has 1 unspecified atom stereocenters. The number of hydrogen-bond acceptors (Lipinski definition) is 1. The highest BCUT2D eigenvalue weighted by Crippen LogP contribution is 2.38. The Balaban J connectivity index is 1.98. The van der Waals surface area contributed by atoms with Crippen LogP contribution in [-0.4, -0.2) is 4.57 Å². The first-order chi connectivity index (χ1) is 10.8. The van der Waals surface area contributed by atoms with Crippen molar-refractivity contribution in [2.24, 2.45) is 7.05 Å². The summed E-state index contributed by atoms with van der Waals surface area (Å²) in [5.41, 5.74) is 4.02. The Hall–Kier alpha value is -2.32. The second kappa shape index (κ2) is 5.47. The number of aryl methyl sites for hydroxylation is 1. The second-order valence-corrected chi connectivity index (χ2v) is 6.55. The fourth-order valence-corrected chi connectivity index (χ4v) is 4.07. The van der Waals surface area contributed by atoms with Gasteiger partial charge in [-0.05, 0) is 28.6 Å². The Morgan fingerprint density at radius 3 is 2.41 bits per heavy atom. The van der Waals surface area contributed by atoms with Crippen LogP contribution in [0, 0.1) is 0 Å². The molecule has 0 saturated heterocycles. The number of fused-ring (bicyclic) bond motifs is 1. The van der Waals surface area contributed by atoms with Crippen LogP contribution in [0.3, 0.4) is 0 Å². The van der Waals surface area contributed by atoms with E-state index < -0.39 is 0 Å². The Morgan fingerprint density at radius 2 is 1.64 bits per heavy atom. The molecule has 22 heavy (non-hydrogen) atoms. The molecule has 1 atom stereocenters. The summed E-state index contributed by atoms with van der Waals surface area (Å²) in [6, 6.07) is 23.8. The summed E-state index contributed by atoms with van der Waals surface area (Å²) in [6.45, 7) is 0. The molecule has 0 saturated carbocycles. The molecule has 0 N–H and O–H groups in total.